The molecule has 7 heteroatoms. The fraction of sp³-hybridized carbons (Fsp3) is 0.286. The van der Waals surface area contributed by atoms with Crippen LogP contribution in [-0.2, 0) is 11.2 Å². The lowest BCUT2D eigenvalue weighted by Crippen LogP contribution is -2.47. The molecule has 3 rings (SSSR count). The molecule has 0 aliphatic carbocycles. The van der Waals surface area contributed by atoms with Crippen molar-refractivity contribution in [3.63, 3.8) is 0 Å². The second-order valence-electron chi connectivity index (χ2n) is 6.84. The lowest BCUT2D eigenvalue weighted by Gasteiger charge is -2.21. The molecule has 5 nitrogen and oxygen atoms in total. The van der Waals surface area contributed by atoms with Gasteiger partial charge in [-0.2, -0.15) is 0 Å². The second-order valence-corrected chi connectivity index (χ2v) is 7.87. The molecular formula is C21H22FN3O2S. The van der Waals surface area contributed by atoms with E-state index in [4.69, 9.17) is 0 Å². The number of carbonyl (C=O) groups excluding carboxylic acids is 2. The van der Waals surface area contributed by atoms with Crippen LogP contribution in [0.2, 0.25) is 0 Å². The monoisotopic (exact) mass is 399 g/mol. The molecule has 28 heavy (non-hydrogen) atoms. The Morgan fingerprint density at radius 1 is 1.18 bits per heavy atom. The molecule has 0 saturated heterocycles. The quantitative estimate of drug-likeness (QED) is 0.646. The summed E-state index contributed by atoms with van der Waals surface area (Å²) in [5.74, 6) is -1.81. The molecule has 1 atom stereocenters. The number of thiazole rings is 1. The van der Waals surface area contributed by atoms with Crippen LogP contribution in [0, 0.1) is 11.7 Å². The van der Waals surface area contributed by atoms with Gasteiger partial charge in [-0.1, -0.05) is 50.3 Å². The van der Waals surface area contributed by atoms with Crippen LogP contribution in [0.1, 0.15) is 36.7 Å². The van der Waals surface area contributed by atoms with Crippen molar-refractivity contribution in [2.45, 2.75) is 33.2 Å². The largest absolute Gasteiger partial charge is 0.340 e. The maximum Gasteiger partial charge on any atom is 0.254 e. The zero-order valence-electron chi connectivity index (χ0n) is 16.0. The first-order valence-electron chi connectivity index (χ1n) is 9.14. The van der Waals surface area contributed by atoms with Gasteiger partial charge < -0.3 is 10.6 Å². The Hall–Kier alpha value is -2.80. The maximum atomic E-state index is 13.8. The van der Waals surface area contributed by atoms with Gasteiger partial charge in [0.25, 0.3) is 5.91 Å². The van der Waals surface area contributed by atoms with Gasteiger partial charge in [-0.25, -0.2) is 9.37 Å². The van der Waals surface area contributed by atoms with Crippen molar-refractivity contribution in [2.75, 3.05) is 5.32 Å². The second kappa shape index (κ2) is 8.48. The number of halogens is 1. The molecule has 1 aromatic heterocycles. The van der Waals surface area contributed by atoms with Crippen LogP contribution in [0.15, 0.2) is 42.5 Å². The minimum atomic E-state index is -0.815. The number of aromatic nitrogens is 1. The van der Waals surface area contributed by atoms with E-state index >= 15 is 0 Å². The van der Waals surface area contributed by atoms with Crippen molar-refractivity contribution in [3.05, 3.63) is 59.4 Å². The van der Waals surface area contributed by atoms with Crippen LogP contribution in [0.5, 0.6) is 0 Å². The molecule has 146 valence electrons. The molecule has 0 fully saturated rings. The van der Waals surface area contributed by atoms with E-state index in [2.05, 4.69) is 28.6 Å². The van der Waals surface area contributed by atoms with Gasteiger partial charge in [0.1, 0.15) is 11.9 Å². The molecule has 2 amide bonds. The SMILES string of the molecule is CCc1ccc2nc(NC(=O)[C@@H](NC(=O)c3ccccc3F)C(C)C)sc2c1. The predicted octanol–water partition coefficient (Wildman–Crippen LogP) is 4.39. The molecule has 0 aliphatic heterocycles. The van der Waals surface area contributed by atoms with E-state index in [1.54, 1.807) is 6.07 Å². The lowest BCUT2D eigenvalue weighted by molar-refractivity contribution is -0.118. The third kappa shape index (κ3) is 4.36. The number of carbonyl (C=O) groups is 2. The van der Waals surface area contributed by atoms with Gasteiger partial charge in [-0.15, -0.1) is 0 Å². The van der Waals surface area contributed by atoms with Crippen LogP contribution in [0.25, 0.3) is 10.2 Å². The van der Waals surface area contributed by atoms with Gasteiger partial charge in [0.05, 0.1) is 15.8 Å². The predicted molar refractivity (Wildman–Crippen MR) is 110 cm³/mol. The van der Waals surface area contributed by atoms with E-state index in [1.807, 2.05) is 26.0 Å². The summed E-state index contributed by atoms with van der Waals surface area (Å²) in [6.07, 6.45) is 0.924. The van der Waals surface area contributed by atoms with Gasteiger partial charge in [-0.3, -0.25) is 9.59 Å². The van der Waals surface area contributed by atoms with Gasteiger partial charge in [-0.05, 0) is 42.2 Å². The van der Waals surface area contributed by atoms with Gasteiger partial charge in [0, 0.05) is 0 Å². The normalized spacial score (nSPS) is 12.2. The zero-order chi connectivity index (χ0) is 20.3. The van der Waals surface area contributed by atoms with Crippen LogP contribution < -0.4 is 10.6 Å². The molecule has 2 N–H and O–H groups in total. The molecule has 2 aromatic carbocycles. The fourth-order valence-corrected chi connectivity index (χ4v) is 3.76. The molecule has 0 unspecified atom stereocenters. The molecule has 0 bridgehead atoms. The average Bonchev–Trinajstić information content (AvgIpc) is 3.06. The molecule has 0 saturated carbocycles. The number of rotatable bonds is 6. The summed E-state index contributed by atoms with van der Waals surface area (Å²) in [5.41, 5.74) is 1.92. The van der Waals surface area contributed by atoms with Crippen LogP contribution in [0.4, 0.5) is 9.52 Å². The molecule has 1 heterocycles. The first-order valence-corrected chi connectivity index (χ1v) is 9.96. The van der Waals surface area contributed by atoms with Gasteiger partial charge >= 0.3 is 0 Å². The number of nitrogens with one attached hydrogen (secondary N) is 2. The van der Waals surface area contributed by atoms with E-state index < -0.39 is 17.8 Å². The Kier molecular flexibility index (Phi) is 6.04. The van der Waals surface area contributed by atoms with Crippen LogP contribution in [0.3, 0.4) is 0 Å². The maximum absolute atomic E-state index is 13.8. The number of nitrogens with zero attached hydrogens (tertiary/aromatic N) is 1. The van der Waals surface area contributed by atoms with E-state index in [0.717, 1.165) is 16.6 Å². The van der Waals surface area contributed by atoms with Crippen LogP contribution >= 0.6 is 11.3 Å². The van der Waals surface area contributed by atoms with Gasteiger partial charge in [0.15, 0.2) is 5.13 Å². The molecule has 0 aliphatic rings. The van der Waals surface area contributed by atoms with Crippen molar-refractivity contribution < 1.29 is 14.0 Å². The highest BCUT2D eigenvalue weighted by atomic mass is 32.1. The Labute approximate surface area is 167 Å². The summed E-state index contributed by atoms with van der Waals surface area (Å²) in [5, 5.41) is 5.88. The number of amides is 2. The summed E-state index contributed by atoms with van der Waals surface area (Å²) < 4.78 is 14.8. The van der Waals surface area contributed by atoms with E-state index in [9.17, 15) is 14.0 Å². The number of fused-ring (bicyclic) bond motifs is 1. The van der Waals surface area contributed by atoms with Crippen molar-refractivity contribution in [1.29, 1.82) is 0 Å². The van der Waals surface area contributed by atoms with Crippen molar-refractivity contribution in [2.24, 2.45) is 5.92 Å². The Balaban J connectivity index is 1.76. The van der Waals surface area contributed by atoms with E-state index in [0.29, 0.717) is 5.13 Å². The topological polar surface area (TPSA) is 71.1 Å². The smallest absolute Gasteiger partial charge is 0.254 e. The third-order valence-electron chi connectivity index (χ3n) is 4.45. The first kappa shape index (κ1) is 19.9. The molecule has 0 radical (unpaired) electrons. The Morgan fingerprint density at radius 2 is 1.93 bits per heavy atom. The highest BCUT2D eigenvalue weighted by molar-refractivity contribution is 7.22. The highest BCUT2D eigenvalue weighted by Crippen LogP contribution is 2.27. The average molecular weight is 399 g/mol. The number of hydrogen-bond acceptors (Lipinski definition) is 4. The number of benzene rings is 2. The summed E-state index contributed by atoms with van der Waals surface area (Å²) in [4.78, 5) is 29.6. The van der Waals surface area contributed by atoms with Crippen LogP contribution in [-0.4, -0.2) is 22.8 Å². The number of anilines is 1. The summed E-state index contributed by atoms with van der Waals surface area (Å²) >= 11 is 1.39. The minimum absolute atomic E-state index is 0.0898. The highest BCUT2D eigenvalue weighted by Gasteiger charge is 2.26. The third-order valence-corrected chi connectivity index (χ3v) is 5.38. The standard InChI is InChI=1S/C21H22FN3O2S/c1-4-13-9-10-16-17(11-13)28-21(23-16)25-20(27)18(12(2)3)24-19(26)14-7-5-6-8-15(14)22/h5-12,18H,4H2,1-3H3,(H,24,26)(H,23,25,27)/t18-/m0/s1. The summed E-state index contributed by atoms with van der Waals surface area (Å²) in [7, 11) is 0. The molecule has 0 spiro atoms. The first-order chi connectivity index (χ1) is 13.4. The minimum Gasteiger partial charge on any atom is -0.340 e. The fourth-order valence-electron chi connectivity index (χ4n) is 2.82. The Morgan fingerprint density at radius 3 is 2.61 bits per heavy atom. The molecule has 3 aromatic rings. The Bertz CT molecular complexity index is 1020. The molecular weight excluding hydrogens is 377 g/mol. The lowest BCUT2D eigenvalue weighted by atomic mass is 10.0. The van der Waals surface area contributed by atoms with Gasteiger partial charge in [0.2, 0.25) is 5.91 Å². The number of hydrogen-bond donors (Lipinski definition) is 2. The zero-order valence-corrected chi connectivity index (χ0v) is 16.8. The van der Waals surface area contributed by atoms with E-state index in [1.165, 1.54) is 35.1 Å². The van der Waals surface area contributed by atoms with Crippen molar-refractivity contribution in [1.82, 2.24) is 10.3 Å². The summed E-state index contributed by atoms with van der Waals surface area (Å²) in [6, 6.07) is 10.9. The van der Waals surface area contributed by atoms with Crippen molar-refractivity contribution >= 4 is 38.5 Å². The van der Waals surface area contributed by atoms with E-state index in [-0.39, 0.29) is 17.4 Å². The summed E-state index contributed by atoms with van der Waals surface area (Å²) in [6.45, 7) is 5.71. The number of aryl methyl sites for hydroxylation is 1. The van der Waals surface area contributed by atoms with Crippen molar-refractivity contribution in [3.8, 4) is 0 Å².